The van der Waals surface area contributed by atoms with Crippen LogP contribution in [0.25, 0.3) is 0 Å². The highest BCUT2D eigenvalue weighted by atomic mass is 16.4. The van der Waals surface area contributed by atoms with E-state index in [0.29, 0.717) is 6.42 Å². The Morgan fingerprint density at radius 3 is 2.21 bits per heavy atom. The van der Waals surface area contributed by atoms with Gasteiger partial charge in [0.15, 0.2) is 0 Å². The average molecular weight is 193 g/mol. The number of hydrogen-bond donors (Lipinski definition) is 1. The van der Waals surface area contributed by atoms with Crippen LogP contribution in [0.1, 0.15) is 12.8 Å². The van der Waals surface area contributed by atoms with Gasteiger partial charge in [0.1, 0.15) is 0 Å². The second kappa shape index (κ2) is 4.59. The fourth-order valence-corrected chi connectivity index (χ4v) is 1.68. The summed E-state index contributed by atoms with van der Waals surface area (Å²) in [4.78, 5) is 12.3. The Kier molecular flexibility index (Phi) is 3.44. The summed E-state index contributed by atoms with van der Waals surface area (Å²) in [6, 6.07) is 3.75. The number of carbonyl (C=O) groups is 1. The largest absolute Gasteiger partial charge is 0.481 e. The molecule has 1 saturated carbocycles. The van der Waals surface area contributed by atoms with Crippen molar-refractivity contribution in [2.24, 2.45) is 5.92 Å². The Hall–Kier alpha value is -1.59. The molecule has 2 atom stereocenters. The van der Waals surface area contributed by atoms with Gasteiger partial charge in [-0.15, -0.1) is 0 Å². The maximum Gasteiger partial charge on any atom is 0.308 e. The molecule has 0 aromatic carbocycles. The fraction of sp³-hybridized carbons (Fsp3) is 0.667. The third kappa shape index (κ3) is 2.01. The zero-order valence-corrected chi connectivity index (χ0v) is 7.68. The normalized spacial score (nSPS) is 24.8. The van der Waals surface area contributed by atoms with Gasteiger partial charge < -0.3 is 5.11 Å². The van der Waals surface area contributed by atoms with Gasteiger partial charge in [0.25, 0.3) is 0 Å². The monoisotopic (exact) mass is 193 g/mol. The highest BCUT2D eigenvalue weighted by Crippen LogP contribution is 2.31. The molecular weight excluding hydrogens is 182 g/mol. The number of aliphatic carboxylic acids is 1. The van der Waals surface area contributed by atoms with Crippen LogP contribution < -0.4 is 0 Å². The Morgan fingerprint density at radius 1 is 1.36 bits per heavy atom. The van der Waals surface area contributed by atoms with Gasteiger partial charge in [-0.2, -0.15) is 10.5 Å². The Morgan fingerprint density at radius 2 is 1.93 bits per heavy atom. The lowest BCUT2D eigenvalue weighted by Crippen LogP contribution is -2.50. The second-order valence-corrected chi connectivity index (χ2v) is 3.31. The van der Waals surface area contributed by atoms with Crippen LogP contribution in [0.4, 0.5) is 0 Å². The van der Waals surface area contributed by atoms with Crippen molar-refractivity contribution in [1.29, 1.82) is 10.5 Å². The maximum absolute atomic E-state index is 10.7. The van der Waals surface area contributed by atoms with Crippen molar-refractivity contribution in [3.63, 3.8) is 0 Å². The average Bonchev–Trinajstić information content (AvgIpc) is 2.01. The fourth-order valence-electron chi connectivity index (χ4n) is 1.68. The topological polar surface area (TPSA) is 88.1 Å². The van der Waals surface area contributed by atoms with E-state index in [1.54, 1.807) is 4.90 Å². The van der Waals surface area contributed by atoms with E-state index in [1.807, 2.05) is 12.1 Å². The summed E-state index contributed by atoms with van der Waals surface area (Å²) in [6.45, 7) is 0.254. The maximum atomic E-state index is 10.7. The summed E-state index contributed by atoms with van der Waals surface area (Å²) in [6.07, 6.45) is 1.41. The third-order valence-corrected chi connectivity index (χ3v) is 2.57. The first kappa shape index (κ1) is 10.5. The van der Waals surface area contributed by atoms with Gasteiger partial charge in [-0.3, -0.25) is 9.69 Å². The molecule has 5 heteroatoms. The summed E-state index contributed by atoms with van der Waals surface area (Å²) in [5.74, 6) is -1.24. The van der Waals surface area contributed by atoms with E-state index in [4.69, 9.17) is 15.6 Å². The highest BCUT2D eigenvalue weighted by Gasteiger charge is 2.40. The van der Waals surface area contributed by atoms with Gasteiger partial charge in [-0.25, -0.2) is 0 Å². The quantitative estimate of drug-likeness (QED) is 0.644. The minimum Gasteiger partial charge on any atom is -0.481 e. The molecule has 0 saturated heterocycles. The van der Waals surface area contributed by atoms with Crippen LogP contribution in [0.2, 0.25) is 0 Å². The SMILES string of the molecule is N#CCN(CC#N)C1CCC1C(=O)O. The molecule has 0 aliphatic heterocycles. The number of nitrogens with zero attached hydrogens (tertiary/aromatic N) is 3. The molecule has 2 unspecified atom stereocenters. The molecule has 0 heterocycles. The van der Waals surface area contributed by atoms with Crippen molar-refractivity contribution < 1.29 is 9.90 Å². The summed E-state index contributed by atoms with van der Waals surface area (Å²) in [5, 5.41) is 25.8. The van der Waals surface area contributed by atoms with Crippen molar-refractivity contribution in [3.05, 3.63) is 0 Å². The van der Waals surface area contributed by atoms with Crippen LogP contribution in [0, 0.1) is 28.6 Å². The molecular formula is C9H11N3O2. The van der Waals surface area contributed by atoms with E-state index in [2.05, 4.69) is 0 Å². The summed E-state index contributed by atoms with van der Waals surface area (Å²) in [5.41, 5.74) is 0. The summed E-state index contributed by atoms with van der Waals surface area (Å²) >= 11 is 0. The van der Waals surface area contributed by atoms with Gasteiger partial charge in [-0.05, 0) is 12.8 Å². The van der Waals surface area contributed by atoms with Crippen LogP contribution in [0.5, 0.6) is 0 Å². The zero-order chi connectivity index (χ0) is 10.6. The van der Waals surface area contributed by atoms with Crippen LogP contribution in [0.3, 0.4) is 0 Å². The number of carboxylic acids is 1. The van der Waals surface area contributed by atoms with E-state index in [1.165, 1.54) is 0 Å². The Balaban J connectivity index is 2.57. The number of carboxylic acid groups (broad SMARTS) is 1. The van der Waals surface area contributed by atoms with E-state index in [9.17, 15) is 4.79 Å². The highest BCUT2D eigenvalue weighted by molar-refractivity contribution is 5.72. The molecule has 0 amide bonds. The lowest BCUT2D eigenvalue weighted by atomic mass is 9.78. The minimum absolute atomic E-state index is 0.127. The first-order valence-electron chi connectivity index (χ1n) is 4.41. The Labute approximate surface area is 82.2 Å². The Bertz CT molecular complexity index is 286. The molecule has 0 spiro atoms. The zero-order valence-electron chi connectivity index (χ0n) is 7.68. The van der Waals surface area contributed by atoms with Gasteiger partial charge in [0.2, 0.25) is 0 Å². The molecule has 1 N–H and O–H groups in total. The van der Waals surface area contributed by atoms with E-state index in [0.717, 1.165) is 6.42 Å². The first-order valence-corrected chi connectivity index (χ1v) is 4.41. The van der Waals surface area contributed by atoms with Crippen LogP contribution >= 0.6 is 0 Å². The minimum atomic E-state index is -0.831. The van der Waals surface area contributed by atoms with Crippen molar-refractivity contribution >= 4 is 5.97 Å². The standard InChI is InChI=1S/C9H11N3O2/c10-3-5-12(6-4-11)8-2-1-7(8)9(13)14/h7-8H,1-2,5-6H2,(H,13,14). The van der Waals surface area contributed by atoms with Gasteiger partial charge in [0.05, 0.1) is 31.1 Å². The van der Waals surface area contributed by atoms with Crippen LogP contribution in [-0.2, 0) is 4.79 Å². The predicted molar refractivity (Wildman–Crippen MR) is 46.9 cm³/mol. The molecule has 1 rings (SSSR count). The van der Waals surface area contributed by atoms with E-state index in [-0.39, 0.29) is 19.1 Å². The van der Waals surface area contributed by atoms with E-state index >= 15 is 0 Å². The smallest absolute Gasteiger partial charge is 0.308 e. The van der Waals surface area contributed by atoms with Crippen LogP contribution in [-0.4, -0.2) is 35.1 Å². The molecule has 74 valence electrons. The number of hydrogen-bond acceptors (Lipinski definition) is 4. The molecule has 1 fully saturated rings. The molecule has 0 aromatic rings. The third-order valence-electron chi connectivity index (χ3n) is 2.57. The lowest BCUT2D eigenvalue weighted by molar-refractivity contribution is -0.148. The first-order chi connectivity index (χ1) is 6.70. The molecule has 1 aliphatic rings. The molecule has 0 bridgehead atoms. The van der Waals surface area contributed by atoms with Crippen molar-refractivity contribution in [2.45, 2.75) is 18.9 Å². The number of rotatable bonds is 4. The second-order valence-electron chi connectivity index (χ2n) is 3.31. The molecule has 5 nitrogen and oxygen atoms in total. The number of nitriles is 2. The molecule has 0 radical (unpaired) electrons. The van der Waals surface area contributed by atoms with Gasteiger partial charge >= 0.3 is 5.97 Å². The van der Waals surface area contributed by atoms with Crippen molar-refractivity contribution in [2.75, 3.05) is 13.1 Å². The van der Waals surface area contributed by atoms with Crippen LogP contribution in [0.15, 0.2) is 0 Å². The van der Waals surface area contributed by atoms with Crippen molar-refractivity contribution in [1.82, 2.24) is 4.90 Å². The van der Waals surface area contributed by atoms with E-state index < -0.39 is 11.9 Å². The molecule has 1 aliphatic carbocycles. The predicted octanol–water partition coefficient (Wildman–Crippen LogP) is 0.199. The van der Waals surface area contributed by atoms with Gasteiger partial charge in [0, 0.05) is 6.04 Å². The van der Waals surface area contributed by atoms with Gasteiger partial charge in [-0.1, -0.05) is 0 Å². The molecule has 0 aromatic heterocycles. The van der Waals surface area contributed by atoms with Crippen molar-refractivity contribution in [3.8, 4) is 12.1 Å². The lowest BCUT2D eigenvalue weighted by Gasteiger charge is -2.39. The summed E-state index contributed by atoms with van der Waals surface area (Å²) in [7, 11) is 0. The molecule has 14 heavy (non-hydrogen) atoms. The summed E-state index contributed by atoms with van der Waals surface area (Å²) < 4.78 is 0.